The number of furan rings is 1. The van der Waals surface area contributed by atoms with Crippen molar-refractivity contribution in [2.24, 2.45) is 0 Å². The second kappa shape index (κ2) is 13.4. The van der Waals surface area contributed by atoms with E-state index >= 15 is 0 Å². The smallest absolute Gasteiger partial charge is 0.160 e. The number of benzene rings is 7. The van der Waals surface area contributed by atoms with Gasteiger partial charge in [-0.25, -0.2) is 9.97 Å². The van der Waals surface area contributed by atoms with Crippen LogP contribution in [0.1, 0.15) is 33.4 Å². The summed E-state index contributed by atoms with van der Waals surface area (Å²) < 4.78 is 6.64. The molecule has 0 saturated heterocycles. The maximum absolute atomic E-state index is 6.64. The van der Waals surface area contributed by atoms with Gasteiger partial charge in [-0.1, -0.05) is 157 Å². The Kier molecular flexibility index (Phi) is 7.65. The van der Waals surface area contributed by atoms with Crippen LogP contribution in [0.25, 0.3) is 79.1 Å². The fourth-order valence-electron chi connectivity index (χ4n) is 9.16. The number of hydrogen-bond acceptors (Lipinski definition) is 5. The summed E-state index contributed by atoms with van der Waals surface area (Å²) in [5.74, 6) is 0.672. The van der Waals surface area contributed by atoms with Gasteiger partial charge in [0.25, 0.3) is 0 Å². The van der Waals surface area contributed by atoms with Crippen LogP contribution in [-0.2, 0) is 5.41 Å². The molecular weight excluding hydrogens is 739 g/mol. The number of fused-ring (bicyclic) bond motifs is 11. The van der Waals surface area contributed by atoms with Crippen molar-refractivity contribution in [3.8, 4) is 45.0 Å². The molecule has 1 spiro atoms. The molecule has 1 aliphatic heterocycles. The summed E-state index contributed by atoms with van der Waals surface area (Å²) in [5.41, 5.74) is 15.2. The van der Waals surface area contributed by atoms with Crippen molar-refractivity contribution >= 4 is 45.9 Å². The molecule has 12 rings (SSSR count). The summed E-state index contributed by atoms with van der Waals surface area (Å²) in [6, 6.07) is 62.7. The number of pyridine rings is 1. The molecular formula is C54H33N3OS. The fraction of sp³-hybridized carbons (Fsp3) is 0.0185. The molecule has 59 heavy (non-hydrogen) atoms. The van der Waals surface area contributed by atoms with Gasteiger partial charge in [0.2, 0.25) is 0 Å². The van der Waals surface area contributed by atoms with E-state index in [0.29, 0.717) is 5.82 Å². The van der Waals surface area contributed by atoms with Crippen LogP contribution in [0.5, 0.6) is 0 Å². The fourth-order valence-corrected chi connectivity index (χ4v) is 10.4. The van der Waals surface area contributed by atoms with Crippen LogP contribution < -0.4 is 0 Å². The second-order valence-electron chi connectivity index (χ2n) is 15.2. The van der Waals surface area contributed by atoms with E-state index in [1.54, 1.807) is 6.20 Å². The number of aromatic nitrogens is 3. The Morgan fingerprint density at radius 2 is 1.12 bits per heavy atom. The molecule has 4 nitrogen and oxygen atoms in total. The van der Waals surface area contributed by atoms with Gasteiger partial charge in [0, 0.05) is 49.6 Å². The van der Waals surface area contributed by atoms with E-state index in [1.165, 1.54) is 37.6 Å². The zero-order chi connectivity index (χ0) is 38.9. The van der Waals surface area contributed by atoms with Gasteiger partial charge in [0.05, 0.1) is 16.8 Å². The lowest BCUT2D eigenvalue weighted by Gasteiger charge is -2.42. The van der Waals surface area contributed by atoms with Gasteiger partial charge in [-0.15, -0.1) is 0 Å². The number of para-hydroxylation sites is 1. The van der Waals surface area contributed by atoms with E-state index in [2.05, 4.69) is 175 Å². The summed E-state index contributed by atoms with van der Waals surface area (Å²) in [6.07, 6.45) is 8.24. The number of hydrogen-bond donors (Lipinski definition) is 0. The molecule has 0 bridgehead atoms. The Balaban J connectivity index is 1.11. The maximum atomic E-state index is 6.64. The lowest BCUT2D eigenvalue weighted by molar-refractivity contribution is 0.659. The summed E-state index contributed by atoms with van der Waals surface area (Å²) in [4.78, 5) is 17.3. The first-order chi connectivity index (χ1) is 29.2. The molecule has 1 unspecified atom stereocenters. The molecule has 1 aliphatic carbocycles. The van der Waals surface area contributed by atoms with Crippen molar-refractivity contribution in [2.75, 3.05) is 0 Å². The Labute approximate surface area is 345 Å². The molecule has 0 amide bonds. The Hall–Kier alpha value is -7.34. The topological polar surface area (TPSA) is 51.8 Å². The monoisotopic (exact) mass is 771 g/mol. The van der Waals surface area contributed by atoms with Crippen molar-refractivity contribution in [3.05, 3.63) is 222 Å². The minimum Gasteiger partial charge on any atom is -0.456 e. The van der Waals surface area contributed by atoms with Gasteiger partial charge in [0.15, 0.2) is 5.82 Å². The summed E-state index contributed by atoms with van der Waals surface area (Å²) in [5, 5.41) is 2.26. The predicted octanol–water partition coefficient (Wildman–Crippen LogP) is 13.8. The molecule has 0 saturated carbocycles. The normalized spacial score (nSPS) is 15.1. The van der Waals surface area contributed by atoms with Crippen molar-refractivity contribution in [1.29, 1.82) is 0 Å². The van der Waals surface area contributed by atoms with Crippen LogP contribution in [-0.4, -0.2) is 15.0 Å². The number of rotatable bonds is 4. The minimum atomic E-state index is -0.671. The first kappa shape index (κ1) is 33.8. The van der Waals surface area contributed by atoms with Crippen LogP contribution >= 0.6 is 11.8 Å². The van der Waals surface area contributed by atoms with Crippen molar-refractivity contribution in [3.63, 3.8) is 0 Å². The maximum Gasteiger partial charge on any atom is 0.160 e. The van der Waals surface area contributed by atoms with Crippen LogP contribution in [0.15, 0.2) is 203 Å². The van der Waals surface area contributed by atoms with E-state index in [4.69, 9.17) is 14.4 Å². The molecule has 10 aromatic rings. The highest BCUT2D eigenvalue weighted by Gasteiger charge is 2.47. The minimum absolute atomic E-state index is 0.671. The number of nitrogens with zero attached hydrogens (tertiary/aromatic N) is 3. The highest BCUT2D eigenvalue weighted by Crippen LogP contribution is 2.59. The van der Waals surface area contributed by atoms with Gasteiger partial charge >= 0.3 is 0 Å². The summed E-state index contributed by atoms with van der Waals surface area (Å²) in [6.45, 7) is 0. The summed E-state index contributed by atoms with van der Waals surface area (Å²) in [7, 11) is 0. The van der Waals surface area contributed by atoms with Crippen molar-refractivity contribution in [2.45, 2.75) is 15.2 Å². The largest absolute Gasteiger partial charge is 0.456 e. The van der Waals surface area contributed by atoms with Gasteiger partial charge in [-0.3, -0.25) is 4.98 Å². The zero-order valence-electron chi connectivity index (χ0n) is 31.7. The zero-order valence-corrected chi connectivity index (χ0v) is 32.5. The quantitative estimate of drug-likeness (QED) is 0.178. The van der Waals surface area contributed by atoms with E-state index in [1.807, 2.05) is 36.2 Å². The molecule has 1 atom stereocenters. The highest BCUT2D eigenvalue weighted by atomic mass is 32.2. The van der Waals surface area contributed by atoms with E-state index in [-0.39, 0.29) is 0 Å². The average Bonchev–Trinajstić information content (AvgIpc) is 3.60. The average molecular weight is 772 g/mol. The molecule has 0 N–H and O–H groups in total. The molecule has 3 aromatic heterocycles. The van der Waals surface area contributed by atoms with Crippen LogP contribution in [0.2, 0.25) is 0 Å². The van der Waals surface area contributed by atoms with Crippen LogP contribution in [0, 0.1) is 0 Å². The van der Waals surface area contributed by atoms with Gasteiger partial charge in [-0.2, -0.15) is 0 Å². The van der Waals surface area contributed by atoms with E-state index in [9.17, 15) is 0 Å². The Morgan fingerprint density at radius 1 is 0.424 bits per heavy atom. The lowest BCUT2D eigenvalue weighted by Crippen LogP contribution is -2.35. The SMILES string of the molecule is C1=Cc2ccc(-c3cc(-c4ccccc4)nc(-c4ccc(-c5cccnc5)cc4)n3)cc2C2(c3ccccc31)c1ccccc1Sc1cc3c(cc12)oc1ccccc13. The molecule has 5 heteroatoms. The molecule has 7 aromatic carbocycles. The Bertz CT molecular complexity index is 3300. The molecule has 0 fully saturated rings. The van der Waals surface area contributed by atoms with Crippen LogP contribution in [0.4, 0.5) is 0 Å². The summed E-state index contributed by atoms with van der Waals surface area (Å²) >= 11 is 1.85. The van der Waals surface area contributed by atoms with Crippen LogP contribution in [0.3, 0.4) is 0 Å². The third-order valence-electron chi connectivity index (χ3n) is 11.9. The third kappa shape index (κ3) is 5.36. The van der Waals surface area contributed by atoms with Crippen molar-refractivity contribution < 1.29 is 4.42 Å². The van der Waals surface area contributed by atoms with E-state index in [0.717, 1.165) is 66.7 Å². The molecule has 4 heterocycles. The van der Waals surface area contributed by atoms with E-state index < -0.39 is 5.41 Å². The van der Waals surface area contributed by atoms with Gasteiger partial charge in [-0.05, 0) is 87.0 Å². The predicted molar refractivity (Wildman–Crippen MR) is 240 cm³/mol. The lowest BCUT2D eigenvalue weighted by atomic mass is 9.63. The first-order valence-electron chi connectivity index (χ1n) is 19.8. The first-order valence-corrected chi connectivity index (χ1v) is 20.6. The molecule has 276 valence electrons. The van der Waals surface area contributed by atoms with Crippen molar-refractivity contribution in [1.82, 2.24) is 15.0 Å². The second-order valence-corrected chi connectivity index (χ2v) is 16.2. The molecule has 0 radical (unpaired) electrons. The van der Waals surface area contributed by atoms with Gasteiger partial charge in [0.1, 0.15) is 11.2 Å². The third-order valence-corrected chi connectivity index (χ3v) is 13.0. The standard InChI is InChI=1S/C54H33N3OS/c1-2-12-37(13-3-1)47-32-48(57-53(56-47)38-25-20-34(21-26-38)40-14-10-28-55-33-40)39-27-24-36-23-22-35-11-4-6-16-43(35)54(45(36)29-39)44-17-7-9-19-51(44)59-52-30-42-41-15-5-8-18-49(41)58-50(42)31-46(52)54/h1-33H. The highest BCUT2D eigenvalue weighted by molar-refractivity contribution is 7.99. The Morgan fingerprint density at radius 3 is 1.97 bits per heavy atom. The van der Waals surface area contributed by atoms with Gasteiger partial charge < -0.3 is 4.42 Å². The molecule has 2 aliphatic rings.